The van der Waals surface area contributed by atoms with Crippen molar-refractivity contribution in [3.8, 4) is 5.75 Å². The summed E-state index contributed by atoms with van der Waals surface area (Å²) in [6.07, 6.45) is 2.14. The normalized spacial score (nSPS) is 10.5. The van der Waals surface area contributed by atoms with Crippen LogP contribution in [0.3, 0.4) is 0 Å². The molecule has 0 saturated carbocycles. The van der Waals surface area contributed by atoms with Crippen LogP contribution >= 0.6 is 11.6 Å². The van der Waals surface area contributed by atoms with Gasteiger partial charge in [0.25, 0.3) is 0 Å². The van der Waals surface area contributed by atoms with E-state index in [1.54, 1.807) is 29.9 Å². The molecule has 0 spiro atoms. The molecule has 0 amide bonds. The number of aryl methyl sites for hydroxylation is 1. The molecule has 0 unspecified atom stereocenters. The van der Waals surface area contributed by atoms with E-state index >= 15 is 0 Å². The number of hydrogen-bond acceptors (Lipinski definition) is 2. The molecule has 1 N–H and O–H groups in total. The fourth-order valence-electron chi connectivity index (χ4n) is 1.66. The van der Waals surface area contributed by atoms with Crippen molar-refractivity contribution in [2.75, 3.05) is 0 Å². The van der Waals surface area contributed by atoms with Gasteiger partial charge in [-0.1, -0.05) is 23.7 Å². The average Bonchev–Trinajstić information content (AvgIpc) is 2.32. The van der Waals surface area contributed by atoms with E-state index in [0.717, 1.165) is 5.56 Å². The summed E-state index contributed by atoms with van der Waals surface area (Å²) in [6.45, 7) is 0. The van der Waals surface area contributed by atoms with Crippen molar-refractivity contribution < 1.29 is 5.11 Å². The quantitative estimate of drug-likeness (QED) is 0.888. The minimum absolute atomic E-state index is 0.190. The Morgan fingerprint density at radius 3 is 2.53 bits per heavy atom. The molecule has 0 aliphatic rings. The Balaban J connectivity index is 2.39. The van der Waals surface area contributed by atoms with Gasteiger partial charge in [0.1, 0.15) is 0 Å². The third kappa shape index (κ3) is 2.50. The van der Waals surface area contributed by atoms with Gasteiger partial charge in [-0.15, -0.1) is 0 Å². The standard InChI is InChI=1S/C13H12ClNO2/c1-15-7-6-12(16)13(17)11(15)8-9-2-4-10(14)5-3-9/h2-7,17H,8H2,1H3. The van der Waals surface area contributed by atoms with Gasteiger partial charge in [-0.2, -0.15) is 0 Å². The lowest BCUT2D eigenvalue weighted by atomic mass is 10.1. The largest absolute Gasteiger partial charge is 0.503 e. The van der Waals surface area contributed by atoms with Crippen LogP contribution in [0.25, 0.3) is 0 Å². The van der Waals surface area contributed by atoms with Crippen LogP contribution < -0.4 is 5.43 Å². The molecule has 17 heavy (non-hydrogen) atoms. The van der Waals surface area contributed by atoms with Crippen LogP contribution in [0.4, 0.5) is 0 Å². The van der Waals surface area contributed by atoms with Gasteiger partial charge in [0.15, 0.2) is 5.75 Å². The first-order valence-electron chi connectivity index (χ1n) is 5.20. The minimum atomic E-state index is -0.355. The van der Waals surface area contributed by atoms with Crippen LogP contribution in [0.15, 0.2) is 41.3 Å². The molecule has 1 aromatic heterocycles. The van der Waals surface area contributed by atoms with Crippen LogP contribution in [0.2, 0.25) is 5.02 Å². The molecule has 0 atom stereocenters. The zero-order valence-electron chi connectivity index (χ0n) is 9.35. The number of hydrogen-bond donors (Lipinski definition) is 1. The Bertz CT molecular complexity index is 587. The Kier molecular flexibility index (Phi) is 3.20. The van der Waals surface area contributed by atoms with Crippen LogP contribution in [0.1, 0.15) is 11.3 Å². The fraction of sp³-hybridized carbons (Fsp3) is 0.154. The number of benzene rings is 1. The second-order valence-corrected chi connectivity index (χ2v) is 4.33. The monoisotopic (exact) mass is 249 g/mol. The highest BCUT2D eigenvalue weighted by molar-refractivity contribution is 6.30. The highest BCUT2D eigenvalue weighted by Crippen LogP contribution is 2.17. The van der Waals surface area contributed by atoms with E-state index in [1.807, 2.05) is 12.1 Å². The van der Waals surface area contributed by atoms with Crippen LogP contribution in [0, 0.1) is 0 Å². The lowest BCUT2D eigenvalue weighted by Gasteiger charge is -2.10. The van der Waals surface area contributed by atoms with Crippen LogP contribution in [-0.2, 0) is 13.5 Å². The summed E-state index contributed by atoms with van der Waals surface area (Å²) in [5, 5.41) is 10.4. The van der Waals surface area contributed by atoms with E-state index in [1.165, 1.54) is 6.07 Å². The first kappa shape index (κ1) is 11.7. The van der Waals surface area contributed by atoms with E-state index in [0.29, 0.717) is 17.1 Å². The summed E-state index contributed by atoms with van der Waals surface area (Å²) in [5.74, 6) is -0.190. The topological polar surface area (TPSA) is 42.2 Å². The van der Waals surface area contributed by atoms with Gasteiger partial charge in [0.05, 0.1) is 5.69 Å². The zero-order valence-corrected chi connectivity index (χ0v) is 10.1. The molecule has 4 heteroatoms. The maximum absolute atomic E-state index is 11.4. The highest BCUT2D eigenvalue weighted by atomic mass is 35.5. The first-order valence-corrected chi connectivity index (χ1v) is 5.57. The van der Waals surface area contributed by atoms with E-state index in [-0.39, 0.29) is 11.2 Å². The summed E-state index contributed by atoms with van der Waals surface area (Å²) in [7, 11) is 1.80. The third-order valence-electron chi connectivity index (χ3n) is 2.67. The molecule has 1 heterocycles. The number of nitrogens with zero attached hydrogens (tertiary/aromatic N) is 1. The van der Waals surface area contributed by atoms with Crippen molar-refractivity contribution in [3.63, 3.8) is 0 Å². The predicted molar refractivity (Wildman–Crippen MR) is 67.6 cm³/mol. The summed E-state index contributed by atoms with van der Waals surface area (Å²) in [6, 6.07) is 8.67. The summed E-state index contributed by atoms with van der Waals surface area (Å²) in [4.78, 5) is 11.4. The van der Waals surface area contributed by atoms with Crippen molar-refractivity contribution in [1.82, 2.24) is 4.57 Å². The highest BCUT2D eigenvalue weighted by Gasteiger charge is 2.08. The Hall–Kier alpha value is -1.74. The maximum Gasteiger partial charge on any atom is 0.223 e. The van der Waals surface area contributed by atoms with Gasteiger partial charge in [0.2, 0.25) is 5.43 Å². The molecular formula is C13H12ClNO2. The smallest absolute Gasteiger partial charge is 0.223 e. The fourth-order valence-corrected chi connectivity index (χ4v) is 1.79. The van der Waals surface area contributed by atoms with Crippen molar-refractivity contribution in [3.05, 3.63) is 63.0 Å². The van der Waals surface area contributed by atoms with Gasteiger partial charge in [-0.25, -0.2) is 0 Å². The van der Waals surface area contributed by atoms with Gasteiger partial charge < -0.3 is 9.67 Å². The average molecular weight is 250 g/mol. The van der Waals surface area contributed by atoms with Crippen molar-refractivity contribution >= 4 is 11.6 Å². The maximum atomic E-state index is 11.4. The molecule has 0 saturated heterocycles. The molecule has 3 nitrogen and oxygen atoms in total. The summed E-state index contributed by atoms with van der Waals surface area (Å²) >= 11 is 5.80. The molecule has 0 aliphatic carbocycles. The second kappa shape index (κ2) is 4.63. The molecule has 88 valence electrons. The van der Waals surface area contributed by atoms with E-state index < -0.39 is 0 Å². The van der Waals surface area contributed by atoms with E-state index in [2.05, 4.69) is 0 Å². The van der Waals surface area contributed by atoms with E-state index in [9.17, 15) is 9.90 Å². The molecular weight excluding hydrogens is 238 g/mol. The molecule has 0 bridgehead atoms. The number of pyridine rings is 1. The van der Waals surface area contributed by atoms with Crippen molar-refractivity contribution in [1.29, 1.82) is 0 Å². The number of aromatic hydroxyl groups is 1. The molecule has 1 aromatic carbocycles. The van der Waals surface area contributed by atoms with Gasteiger partial charge >= 0.3 is 0 Å². The third-order valence-corrected chi connectivity index (χ3v) is 2.92. The number of halogens is 1. The van der Waals surface area contributed by atoms with Crippen molar-refractivity contribution in [2.24, 2.45) is 7.05 Å². The Morgan fingerprint density at radius 1 is 1.24 bits per heavy atom. The van der Waals surface area contributed by atoms with Crippen LogP contribution in [-0.4, -0.2) is 9.67 Å². The Morgan fingerprint density at radius 2 is 1.88 bits per heavy atom. The van der Waals surface area contributed by atoms with Crippen LogP contribution in [0.5, 0.6) is 5.75 Å². The van der Waals surface area contributed by atoms with Gasteiger partial charge in [0, 0.05) is 30.8 Å². The minimum Gasteiger partial charge on any atom is -0.503 e. The SMILES string of the molecule is Cn1ccc(=O)c(O)c1Cc1ccc(Cl)cc1. The van der Waals surface area contributed by atoms with Crippen molar-refractivity contribution in [2.45, 2.75) is 6.42 Å². The lowest BCUT2D eigenvalue weighted by molar-refractivity contribution is 0.454. The Labute approximate surface area is 104 Å². The number of rotatable bonds is 2. The molecule has 0 fully saturated rings. The van der Waals surface area contributed by atoms with Gasteiger partial charge in [-0.3, -0.25) is 4.79 Å². The lowest BCUT2D eigenvalue weighted by Crippen LogP contribution is -2.10. The summed E-state index contributed by atoms with van der Waals surface area (Å²) in [5.41, 5.74) is 1.23. The molecule has 2 rings (SSSR count). The second-order valence-electron chi connectivity index (χ2n) is 3.89. The molecule has 2 aromatic rings. The van der Waals surface area contributed by atoms with E-state index in [4.69, 9.17) is 11.6 Å². The number of aromatic nitrogens is 1. The molecule has 0 aliphatic heterocycles. The predicted octanol–water partition coefficient (Wildman–Crippen LogP) is 2.34. The summed E-state index contributed by atoms with van der Waals surface area (Å²) < 4.78 is 1.74. The first-order chi connectivity index (χ1) is 8.08. The van der Waals surface area contributed by atoms with Gasteiger partial charge in [-0.05, 0) is 17.7 Å². The molecule has 0 radical (unpaired) electrons. The zero-order chi connectivity index (χ0) is 12.4.